The molecule has 13 heavy (non-hydrogen) atoms. The van der Waals surface area contributed by atoms with Crippen LogP contribution >= 0.6 is 0 Å². The molecule has 0 aliphatic carbocycles. The first-order valence-electron chi connectivity index (χ1n) is 4.22. The number of nitrogens with two attached hydrogens (primary N) is 1. The second kappa shape index (κ2) is 4.10. The van der Waals surface area contributed by atoms with Crippen LogP contribution in [0.4, 0.5) is 0 Å². The van der Waals surface area contributed by atoms with E-state index in [1.165, 1.54) is 5.56 Å². The van der Waals surface area contributed by atoms with Gasteiger partial charge in [-0.05, 0) is 24.1 Å². The third-order valence-corrected chi connectivity index (χ3v) is 1.98. The number of rotatable bonds is 3. The van der Waals surface area contributed by atoms with Crippen LogP contribution in [-0.2, 0) is 0 Å². The monoisotopic (exact) mass is 177 g/mol. The number of ether oxygens (including phenoxy) is 1. The van der Waals surface area contributed by atoms with Crippen LogP contribution in [0.15, 0.2) is 24.8 Å². The van der Waals surface area contributed by atoms with E-state index in [-0.39, 0.29) is 0 Å². The molecule has 2 heteroatoms. The third kappa shape index (κ3) is 2.10. The van der Waals surface area contributed by atoms with Gasteiger partial charge in [-0.3, -0.25) is 0 Å². The van der Waals surface area contributed by atoms with E-state index in [9.17, 15) is 0 Å². The molecule has 1 rings (SSSR count). The molecule has 0 bridgehead atoms. The van der Waals surface area contributed by atoms with Crippen LogP contribution in [0.1, 0.15) is 11.1 Å². The topological polar surface area (TPSA) is 35.2 Å². The van der Waals surface area contributed by atoms with Crippen molar-refractivity contribution in [2.45, 2.75) is 6.92 Å². The lowest BCUT2D eigenvalue weighted by Crippen LogP contribution is -2.02. The van der Waals surface area contributed by atoms with Gasteiger partial charge in [0.05, 0.1) is 7.11 Å². The molecule has 1 aromatic carbocycles. The molecule has 0 amide bonds. The Labute approximate surface area is 79.0 Å². The molecule has 0 heterocycles. The van der Waals surface area contributed by atoms with Crippen molar-refractivity contribution in [1.82, 2.24) is 0 Å². The van der Waals surface area contributed by atoms with E-state index in [4.69, 9.17) is 10.5 Å². The summed E-state index contributed by atoms with van der Waals surface area (Å²) in [5.41, 5.74) is 8.58. The molecule has 0 aliphatic rings. The summed E-state index contributed by atoms with van der Waals surface area (Å²) < 4.78 is 5.23. The van der Waals surface area contributed by atoms with Crippen LogP contribution in [0.2, 0.25) is 0 Å². The van der Waals surface area contributed by atoms with E-state index in [2.05, 4.69) is 6.58 Å². The quantitative estimate of drug-likeness (QED) is 0.766. The first-order chi connectivity index (χ1) is 6.19. The highest BCUT2D eigenvalue weighted by molar-refractivity contribution is 5.70. The van der Waals surface area contributed by atoms with E-state index in [0.717, 1.165) is 16.9 Å². The second-order valence-electron chi connectivity index (χ2n) is 3.01. The van der Waals surface area contributed by atoms with Gasteiger partial charge in [-0.15, -0.1) is 0 Å². The minimum atomic E-state index is 0.458. The highest BCUT2D eigenvalue weighted by Gasteiger charge is 2.04. The van der Waals surface area contributed by atoms with Gasteiger partial charge >= 0.3 is 0 Å². The summed E-state index contributed by atoms with van der Waals surface area (Å²) in [6.07, 6.45) is 0. The van der Waals surface area contributed by atoms with Gasteiger partial charge in [0, 0.05) is 12.1 Å². The maximum atomic E-state index is 5.51. The van der Waals surface area contributed by atoms with Crippen molar-refractivity contribution in [3.05, 3.63) is 35.9 Å². The van der Waals surface area contributed by atoms with E-state index >= 15 is 0 Å². The van der Waals surface area contributed by atoms with E-state index in [1.54, 1.807) is 7.11 Å². The first kappa shape index (κ1) is 9.81. The van der Waals surface area contributed by atoms with Crippen LogP contribution in [0.3, 0.4) is 0 Å². The van der Waals surface area contributed by atoms with Gasteiger partial charge in [-0.25, -0.2) is 0 Å². The Bertz CT molecular complexity index is 318. The van der Waals surface area contributed by atoms with E-state index < -0.39 is 0 Å². The van der Waals surface area contributed by atoms with Crippen molar-refractivity contribution in [2.24, 2.45) is 5.73 Å². The Morgan fingerprint density at radius 3 is 2.77 bits per heavy atom. The fourth-order valence-corrected chi connectivity index (χ4v) is 1.20. The number of hydrogen-bond acceptors (Lipinski definition) is 2. The van der Waals surface area contributed by atoms with Crippen LogP contribution in [0.25, 0.3) is 5.57 Å². The van der Waals surface area contributed by atoms with Crippen molar-refractivity contribution in [2.75, 3.05) is 13.7 Å². The largest absolute Gasteiger partial charge is 0.496 e. The van der Waals surface area contributed by atoms with Gasteiger partial charge in [0.1, 0.15) is 5.75 Å². The Balaban J connectivity index is 3.13. The lowest BCUT2D eigenvalue weighted by Gasteiger charge is -2.10. The maximum absolute atomic E-state index is 5.51. The van der Waals surface area contributed by atoms with Crippen LogP contribution < -0.4 is 10.5 Å². The molecule has 0 saturated carbocycles. The predicted octanol–water partition coefficient (Wildman–Crippen LogP) is 1.98. The Hall–Kier alpha value is -1.28. The molecule has 0 unspecified atom stereocenters. The van der Waals surface area contributed by atoms with Crippen LogP contribution in [0.5, 0.6) is 5.75 Å². The highest BCUT2D eigenvalue weighted by atomic mass is 16.5. The molecule has 2 nitrogen and oxygen atoms in total. The minimum absolute atomic E-state index is 0.458. The Kier molecular flexibility index (Phi) is 3.09. The van der Waals surface area contributed by atoms with Crippen molar-refractivity contribution in [3.8, 4) is 5.75 Å². The summed E-state index contributed by atoms with van der Waals surface area (Å²) >= 11 is 0. The number of benzene rings is 1. The second-order valence-corrected chi connectivity index (χ2v) is 3.01. The Morgan fingerprint density at radius 2 is 2.23 bits per heavy atom. The molecule has 0 saturated heterocycles. The minimum Gasteiger partial charge on any atom is -0.496 e. The summed E-state index contributed by atoms with van der Waals surface area (Å²) in [6.45, 7) is 6.36. The molecule has 0 spiro atoms. The van der Waals surface area contributed by atoms with Gasteiger partial charge in [0.15, 0.2) is 0 Å². The number of hydrogen-bond donors (Lipinski definition) is 1. The molecule has 0 atom stereocenters. The van der Waals surface area contributed by atoms with Crippen molar-refractivity contribution in [1.29, 1.82) is 0 Å². The summed E-state index contributed by atoms with van der Waals surface area (Å²) in [5, 5.41) is 0. The molecular formula is C11H15NO. The molecule has 0 aliphatic heterocycles. The van der Waals surface area contributed by atoms with E-state index in [1.807, 2.05) is 25.1 Å². The molecule has 2 N–H and O–H groups in total. The predicted molar refractivity (Wildman–Crippen MR) is 55.8 cm³/mol. The summed E-state index contributed by atoms with van der Waals surface area (Å²) in [4.78, 5) is 0. The SMILES string of the molecule is C=C(CN)c1ccc(C)cc1OC. The van der Waals surface area contributed by atoms with Crippen LogP contribution in [0, 0.1) is 6.92 Å². The zero-order valence-corrected chi connectivity index (χ0v) is 8.13. The Morgan fingerprint density at radius 1 is 1.54 bits per heavy atom. The standard InChI is InChI=1S/C11H15NO/c1-8-4-5-10(9(2)7-12)11(6-8)13-3/h4-6H,2,7,12H2,1,3H3. The fraction of sp³-hybridized carbons (Fsp3) is 0.273. The average Bonchev–Trinajstić information content (AvgIpc) is 2.16. The molecule has 0 aromatic heterocycles. The van der Waals surface area contributed by atoms with Crippen molar-refractivity contribution < 1.29 is 4.74 Å². The molecule has 70 valence electrons. The van der Waals surface area contributed by atoms with Gasteiger partial charge in [-0.1, -0.05) is 18.7 Å². The lowest BCUT2D eigenvalue weighted by atomic mass is 10.0. The molecule has 0 radical (unpaired) electrons. The highest BCUT2D eigenvalue weighted by Crippen LogP contribution is 2.25. The van der Waals surface area contributed by atoms with Crippen molar-refractivity contribution in [3.63, 3.8) is 0 Å². The van der Waals surface area contributed by atoms with Crippen molar-refractivity contribution >= 4 is 5.57 Å². The zero-order valence-electron chi connectivity index (χ0n) is 8.13. The van der Waals surface area contributed by atoms with E-state index in [0.29, 0.717) is 6.54 Å². The molecular weight excluding hydrogens is 162 g/mol. The molecule has 1 aromatic rings. The third-order valence-electron chi connectivity index (χ3n) is 1.98. The van der Waals surface area contributed by atoms with Gasteiger partial charge in [-0.2, -0.15) is 0 Å². The molecule has 0 fully saturated rings. The van der Waals surface area contributed by atoms with Gasteiger partial charge < -0.3 is 10.5 Å². The first-order valence-corrected chi connectivity index (χ1v) is 4.22. The smallest absolute Gasteiger partial charge is 0.126 e. The lowest BCUT2D eigenvalue weighted by molar-refractivity contribution is 0.413. The zero-order chi connectivity index (χ0) is 9.84. The number of aryl methyl sites for hydroxylation is 1. The summed E-state index contributed by atoms with van der Waals surface area (Å²) in [6, 6.07) is 6.00. The number of methoxy groups -OCH3 is 1. The summed E-state index contributed by atoms with van der Waals surface area (Å²) in [7, 11) is 1.65. The normalized spacial score (nSPS) is 9.77. The average molecular weight is 177 g/mol. The fourth-order valence-electron chi connectivity index (χ4n) is 1.20. The van der Waals surface area contributed by atoms with Crippen LogP contribution in [-0.4, -0.2) is 13.7 Å². The maximum Gasteiger partial charge on any atom is 0.126 e. The van der Waals surface area contributed by atoms with Gasteiger partial charge in [0.25, 0.3) is 0 Å². The van der Waals surface area contributed by atoms with Gasteiger partial charge in [0.2, 0.25) is 0 Å². The summed E-state index contributed by atoms with van der Waals surface area (Å²) in [5.74, 6) is 0.843.